The first-order valence-electron chi connectivity index (χ1n) is 11.6. The molecular weight excluding hydrogens is 408 g/mol. The number of ketones is 2. The van der Waals surface area contributed by atoms with Crippen molar-refractivity contribution in [2.24, 2.45) is 39.4 Å². The summed E-state index contributed by atoms with van der Waals surface area (Å²) in [7, 11) is 0. The molecule has 0 amide bonds. The zero-order valence-electron chi connectivity index (χ0n) is 19.9. The average molecular weight is 443 g/mol. The molecule has 0 aromatic rings. The lowest BCUT2D eigenvalue weighted by atomic mass is 9.38. The van der Waals surface area contributed by atoms with Crippen molar-refractivity contribution in [2.75, 3.05) is 0 Å². The number of carboxylic acids is 1. The van der Waals surface area contributed by atoms with E-state index in [-0.39, 0.29) is 41.2 Å². The van der Waals surface area contributed by atoms with Gasteiger partial charge >= 0.3 is 11.9 Å². The minimum absolute atomic E-state index is 0.00759. The summed E-state index contributed by atoms with van der Waals surface area (Å²) in [6.07, 6.45) is 6.72. The van der Waals surface area contributed by atoms with Gasteiger partial charge in [-0.1, -0.05) is 46.3 Å². The molecule has 4 aliphatic carbocycles. The molecule has 6 nitrogen and oxygen atoms in total. The van der Waals surface area contributed by atoms with Gasteiger partial charge in [0.2, 0.25) is 0 Å². The van der Waals surface area contributed by atoms with Crippen molar-refractivity contribution in [3.63, 3.8) is 0 Å². The van der Waals surface area contributed by atoms with E-state index < -0.39 is 34.2 Å². The van der Waals surface area contributed by atoms with Crippen molar-refractivity contribution in [1.82, 2.24) is 0 Å². The molecule has 0 aromatic heterocycles. The van der Waals surface area contributed by atoms with Gasteiger partial charge in [-0.2, -0.15) is 0 Å². The average Bonchev–Trinajstić information content (AvgIpc) is 2.92. The van der Waals surface area contributed by atoms with Crippen molar-refractivity contribution in [3.8, 4) is 0 Å². The molecule has 1 N–H and O–H groups in total. The maximum atomic E-state index is 13.0. The van der Waals surface area contributed by atoms with Gasteiger partial charge in [-0.25, -0.2) is 0 Å². The van der Waals surface area contributed by atoms with E-state index >= 15 is 0 Å². The molecule has 0 bridgehead atoms. The Hall–Kier alpha value is -2.24. The molecule has 0 saturated heterocycles. The van der Waals surface area contributed by atoms with E-state index in [1.807, 2.05) is 26.8 Å². The molecule has 4 aliphatic rings. The molecular formula is C26H34O6. The second-order valence-corrected chi connectivity index (χ2v) is 11.6. The first kappa shape index (κ1) is 22.9. The minimum atomic E-state index is -0.978. The lowest BCUT2D eigenvalue weighted by Gasteiger charge is -2.66. The van der Waals surface area contributed by atoms with Crippen LogP contribution in [-0.4, -0.2) is 34.7 Å². The number of hydrogen-bond acceptors (Lipinski definition) is 5. The van der Waals surface area contributed by atoms with Gasteiger partial charge in [-0.3, -0.25) is 19.2 Å². The molecule has 0 unspecified atom stereocenters. The molecule has 0 aromatic carbocycles. The van der Waals surface area contributed by atoms with Crippen LogP contribution < -0.4 is 0 Å². The fourth-order valence-electron chi connectivity index (χ4n) is 8.05. The van der Waals surface area contributed by atoms with Crippen LogP contribution in [0.2, 0.25) is 0 Å². The highest BCUT2D eigenvalue weighted by molar-refractivity contribution is 5.99. The van der Waals surface area contributed by atoms with Crippen LogP contribution in [-0.2, 0) is 23.9 Å². The molecule has 2 saturated carbocycles. The number of rotatable bonds is 3. The van der Waals surface area contributed by atoms with Crippen LogP contribution in [0.25, 0.3) is 0 Å². The Morgan fingerprint density at radius 1 is 1.12 bits per heavy atom. The number of hydrogen-bond donors (Lipinski definition) is 1. The Bertz CT molecular complexity index is 973. The van der Waals surface area contributed by atoms with E-state index in [9.17, 15) is 24.3 Å². The minimum Gasteiger partial charge on any atom is -0.481 e. The standard InChI is InChI=1S/C26H34O6/c1-14(27)32-21-13-18-23(2,3)20(29)8-10-25(18,5)17-7-9-24(4)15(11-22(30)31)16(28)12-19(24)26(17,21)6/h8,10,12,15,17-18,21H,7,9,11,13H2,1-6H3,(H,30,31)/t15-,17-,18+,21-,24+,25-,26-/m1/s1. The fraction of sp³-hybridized carbons (Fsp3) is 0.692. The molecule has 6 heteroatoms. The Morgan fingerprint density at radius 2 is 1.78 bits per heavy atom. The molecule has 2 fully saturated rings. The van der Waals surface area contributed by atoms with Crippen LogP contribution in [0.3, 0.4) is 0 Å². The zero-order chi connectivity index (χ0) is 23.9. The van der Waals surface area contributed by atoms with Gasteiger partial charge in [0.25, 0.3) is 0 Å². The summed E-state index contributed by atoms with van der Waals surface area (Å²) < 4.78 is 5.95. The van der Waals surface area contributed by atoms with E-state index in [1.165, 1.54) is 6.92 Å². The van der Waals surface area contributed by atoms with Crippen LogP contribution in [0.5, 0.6) is 0 Å². The summed E-state index contributed by atoms with van der Waals surface area (Å²) >= 11 is 0. The SMILES string of the molecule is CC(=O)O[C@@H]1C[C@H]2C(C)(C)C(=O)C=C[C@]2(C)[C@H]2CC[C@]3(C)C(=CC(=O)[C@H]3CC(=O)O)[C@@]21C. The maximum Gasteiger partial charge on any atom is 0.304 e. The van der Waals surface area contributed by atoms with Gasteiger partial charge in [0.15, 0.2) is 11.6 Å². The van der Waals surface area contributed by atoms with Crippen LogP contribution >= 0.6 is 0 Å². The molecule has 0 spiro atoms. The number of allylic oxidation sites excluding steroid dienone is 3. The maximum absolute atomic E-state index is 13.0. The van der Waals surface area contributed by atoms with Gasteiger partial charge in [0.1, 0.15) is 6.10 Å². The number of esters is 1. The highest BCUT2D eigenvalue weighted by Crippen LogP contribution is 2.71. The lowest BCUT2D eigenvalue weighted by molar-refractivity contribution is -0.188. The third kappa shape index (κ3) is 2.83. The molecule has 0 heterocycles. The molecule has 0 radical (unpaired) electrons. The largest absolute Gasteiger partial charge is 0.481 e. The summed E-state index contributed by atoms with van der Waals surface area (Å²) in [6, 6.07) is 0. The van der Waals surface area contributed by atoms with E-state index in [0.29, 0.717) is 12.8 Å². The predicted molar refractivity (Wildman–Crippen MR) is 117 cm³/mol. The second-order valence-electron chi connectivity index (χ2n) is 11.6. The second kappa shape index (κ2) is 6.88. The molecule has 174 valence electrons. The van der Waals surface area contributed by atoms with Crippen LogP contribution in [0, 0.1) is 39.4 Å². The highest BCUT2D eigenvalue weighted by Gasteiger charge is 2.69. The molecule has 7 atom stereocenters. The van der Waals surface area contributed by atoms with Gasteiger partial charge < -0.3 is 9.84 Å². The van der Waals surface area contributed by atoms with Crippen molar-refractivity contribution in [3.05, 3.63) is 23.8 Å². The Balaban J connectivity index is 1.89. The Morgan fingerprint density at radius 3 is 2.38 bits per heavy atom. The van der Waals surface area contributed by atoms with Crippen LogP contribution in [0.4, 0.5) is 0 Å². The Kier molecular flexibility index (Phi) is 4.93. The van der Waals surface area contributed by atoms with Gasteiger partial charge in [-0.05, 0) is 48.7 Å². The Labute approximate surface area is 189 Å². The number of fused-ring (bicyclic) bond motifs is 5. The summed E-state index contributed by atoms with van der Waals surface area (Å²) in [5.41, 5.74) is -1.17. The third-order valence-corrected chi connectivity index (χ3v) is 9.68. The van der Waals surface area contributed by atoms with Gasteiger partial charge in [0.05, 0.1) is 6.42 Å². The monoisotopic (exact) mass is 442 g/mol. The lowest BCUT2D eigenvalue weighted by Crippen LogP contribution is -2.64. The van der Waals surface area contributed by atoms with Gasteiger partial charge in [-0.15, -0.1) is 0 Å². The van der Waals surface area contributed by atoms with Crippen molar-refractivity contribution in [1.29, 1.82) is 0 Å². The molecule has 0 aliphatic heterocycles. The van der Waals surface area contributed by atoms with E-state index in [0.717, 1.165) is 12.0 Å². The first-order chi connectivity index (χ1) is 14.7. The van der Waals surface area contributed by atoms with Crippen molar-refractivity contribution >= 4 is 23.5 Å². The normalized spacial score (nSPS) is 44.2. The van der Waals surface area contributed by atoms with E-state index in [2.05, 4.69) is 13.8 Å². The van der Waals surface area contributed by atoms with E-state index in [1.54, 1.807) is 12.2 Å². The molecule has 4 rings (SSSR count). The van der Waals surface area contributed by atoms with Crippen LogP contribution in [0.1, 0.15) is 67.2 Å². The van der Waals surface area contributed by atoms with E-state index in [4.69, 9.17) is 4.74 Å². The number of carboxylic acid groups (broad SMARTS) is 1. The molecule has 32 heavy (non-hydrogen) atoms. The fourth-order valence-corrected chi connectivity index (χ4v) is 8.05. The summed E-state index contributed by atoms with van der Waals surface area (Å²) in [5, 5.41) is 9.46. The van der Waals surface area contributed by atoms with Gasteiger partial charge in [0, 0.05) is 29.1 Å². The summed E-state index contributed by atoms with van der Waals surface area (Å²) in [4.78, 5) is 49.5. The van der Waals surface area contributed by atoms with Crippen molar-refractivity contribution in [2.45, 2.75) is 73.3 Å². The zero-order valence-corrected chi connectivity index (χ0v) is 19.9. The first-order valence-corrected chi connectivity index (χ1v) is 11.6. The summed E-state index contributed by atoms with van der Waals surface area (Å²) in [6.45, 7) is 11.6. The van der Waals surface area contributed by atoms with Crippen molar-refractivity contribution < 1.29 is 29.0 Å². The predicted octanol–water partition coefficient (Wildman–Crippen LogP) is 4.13. The smallest absolute Gasteiger partial charge is 0.304 e. The number of ether oxygens (including phenoxy) is 1. The summed E-state index contributed by atoms with van der Waals surface area (Å²) in [5.74, 6) is -1.97. The highest BCUT2D eigenvalue weighted by atomic mass is 16.5. The number of aliphatic carboxylic acids is 1. The number of carbonyl (C=O) groups excluding carboxylic acids is 3. The van der Waals surface area contributed by atoms with Crippen LogP contribution in [0.15, 0.2) is 23.8 Å². The topological polar surface area (TPSA) is 97.7 Å². The number of carbonyl (C=O) groups is 4. The third-order valence-electron chi connectivity index (χ3n) is 9.68. The quantitative estimate of drug-likeness (QED) is 0.660.